The Morgan fingerprint density at radius 1 is 1.53 bits per heavy atom. The second kappa shape index (κ2) is 5.21. The molecule has 0 aromatic heterocycles. The van der Waals surface area contributed by atoms with Crippen LogP contribution in [-0.4, -0.2) is 23.6 Å². The van der Waals surface area contributed by atoms with Crippen LogP contribution in [-0.2, 0) is 20.0 Å². The smallest absolute Gasteiger partial charge is 0.220 e. The average molecular weight is 254 g/mol. The second-order valence-corrected chi connectivity index (χ2v) is 5.19. The molecule has 1 fully saturated rings. The van der Waals surface area contributed by atoms with E-state index in [4.69, 9.17) is 12.2 Å². The van der Waals surface area contributed by atoms with Gasteiger partial charge in [0.25, 0.3) is 0 Å². The fourth-order valence-corrected chi connectivity index (χ4v) is 2.18. The summed E-state index contributed by atoms with van der Waals surface area (Å²) in [7, 11) is 0. The van der Waals surface area contributed by atoms with Gasteiger partial charge in [-0.05, 0) is 19.4 Å². The lowest BCUT2D eigenvalue weighted by Crippen LogP contribution is -2.25. The predicted molar refractivity (Wildman–Crippen MR) is 67.6 cm³/mol. The van der Waals surface area contributed by atoms with Crippen LogP contribution in [0, 0.1) is 0 Å². The average Bonchev–Trinajstić information content (AvgIpc) is 2.56. The van der Waals surface area contributed by atoms with Crippen LogP contribution < -0.4 is 0 Å². The van der Waals surface area contributed by atoms with Crippen molar-refractivity contribution in [2.75, 3.05) is 6.56 Å². The van der Waals surface area contributed by atoms with Crippen LogP contribution in [0.25, 0.3) is 0 Å². The van der Waals surface area contributed by atoms with E-state index >= 15 is 0 Å². The molecule has 0 amide bonds. The van der Waals surface area contributed by atoms with E-state index in [1.165, 1.54) is 0 Å². The third kappa shape index (κ3) is 3.56. The molecule has 0 spiro atoms. The highest BCUT2D eigenvalue weighted by Gasteiger charge is 2.36. The van der Waals surface area contributed by atoms with Crippen molar-refractivity contribution in [3.63, 3.8) is 0 Å². The minimum absolute atomic E-state index is 0.348. The molecule has 0 saturated carbocycles. The number of benzene rings is 1. The summed E-state index contributed by atoms with van der Waals surface area (Å²) < 4.78 is 25.8. The zero-order chi connectivity index (χ0) is 14.1. The van der Waals surface area contributed by atoms with E-state index < -0.39 is 18.5 Å². The first-order chi connectivity index (χ1) is 8.80. The highest BCUT2D eigenvalue weighted by atomic mass is 32.2. The molecule has 1 saturated heterocycles. The van der Waals surface area contributed by atoms with Gasteiger partial charge in [0.05, 0.1) is 9.30 Å². The minimum Gasteiger partial charge on any atom is -0.347 e. The van der Waals surface area contributed by atoms with Crippen molar-refractivity contribution in [3.05, 3.63) is 35.9 Å². The van der Waals surface area contributed by atoms with Crippen LogP contribution in [0.4, 0.5) is 0 Å². The van der Waals surface area contributed by atoms with Crippen molar-refractivity contribution in [1.82, 2.24) is 0 Å². The number of carbonyl (C=O) groups is 1. The summed E-state index contributed by atoms with van der Waals surface area (Å²) in [6.07, 6.45) is -1.18. The Hall–Kier alpha value is -0.840. The molecule has 3 nitrogen and oxygen atoms in total. The highest BCUT2D eigenvalue weighted by Crippen LogP contribution is 2.26. The number of thioether (sulfide) groups is 1. The zero-order valence-electron chi connectivity index (χ0n) is 11.8. The predicted octanol–water partition coefficient (Wildman–Crippen LogP) is 2.60. The monoisotopic (exact) mass is 254 g/mol. The third-order valence-electron chi connectivity index (χ3n) is 2.25. The van der Waals surface area contributed by atoms with Gasteiger partial charge in [-0.25, -0.2) is 0 Å². The molecule has 0 radical (unpaired) electrons. The van der Waals surface area contributed by atoms with Gasteiger partial charge in [0.15, 0.2) is 11.9 Å². The van der Waals surface area contributed by atoms with Crippen LogP contribution in [0.5, 0.6) is 0 Å². The van der Waals surface area contributed by atoms with Gasteiger partial charge in [0.2, 0.25) is 5.12 Å². The maximum absolute atomic E-state index is 12.0. The molecule has 0 unspecified atom stereocenters. The van der Waals surface area contributed by atoms with E-state index in [-0.39, 0.29) is 5.12 Å². The molecule has 1 heterocycles. The summed E-state index contributed by atoms with van der Waals surface area (Å²) in [5, 5.41) is -0.348. The van der Waals surface area contributed by atoms with E-state index in [0.29, 0.717) is 5.75 Å². The molecule has 0 aliphatic carbocycles. The molecule has 1 aliphatic heterocycles. The fourth-order valence-electron chi connectivity index (χ4n) is 1.43. The molecule has 4 heteroatoms. The SMILES string of the molecule is [2H]C1([2H])OC(C)(C)O[C@H]1C(=O)SCc1ccccc1. The molecule has 1 atom stereocenters. The highest BCUT2D eigenvalue weighted by molar-refractivity contribution is 8.13. The molecule has 92 valence electrons. The summed E-state index contributed by atoms with van der Waals surface area (Å²) >= 11 is 1.05. The van der Waals surface area contributed by atoms with Crippen molar-refractivity contribution >= 4 is 16.9 Å². The van der Waals surface area contributed by atoms with Crippen LogP contribution in [0.3, 0.4) is 0 Å². The Labute approximate surface area is 108 Å². The van der Waals surface area contributed by atoms with Crippen LogP contribution in [0.1, 0.15) is 22.2 Å². The van der Waals surface area contributed by atoms with Gasteiger partial charge in [-0.2, -0.15) is 0 Å². The summed E-state index contributed by atoms with van der Waals surface area (Å²) in [6, 6.07) is 9.55. The second-order valence-electron chi connectivity index (χ2n) is 4.21. The van der Waals surface area contributed by atoms with E-state index in [9.17, 15) is 4.79 Å². The molecule has 1 aromatic carbocycles. The number of ether oxygens (including phenoxy) is 2. The van der Waals surface area contributed by atoms with Gasteiger partial charge in [0, 0.05) is 5.75 Å². The standard InChI is InChI=1S/C13H16O3S/c1-13(2)15-8-11(16-13)12(14)17-9-10-6-4-3-5-7-10/h3-7,11H,8-9H2,1-2H3/t11-/m1/s1/i8D2. The van der Waals surface area contributed by atoms with Gasteiger partial charge in [-0.1, -0.05) is 42.1 Å². The Bertz CT molecular complexity index is 462. The number of hydrogen-bond acceptors (Lipinski definition) is 4. The van der Waals surface area contributed by atoms with E-state index in [1.54, 1.807) is 13.8 Å². The van der Waals surface area contributed by atoms with Crippen molar-refractivity contribution in [1.29, 1.82) is 0 Å². The molecular weight excluding hydrogens is 236 g/mol. The first kappa shape index (κ1) is 10.1. The lowest BCUT2D eigenvalue weighted by Gasteiger charge is -2.16. The van der Waals surface area contributed by atoms with Crippen LogP contribution >= 0.6 is 11.8 Å². The third-order valence-corrected chi connectivity index (χ3v) is 3.23. The maximum atomic E-state index is 12.0. The Kier molecular flexibility index (Phi) is 3.10. The number of rotatable bonds is 3. The minimum atomic E-state index is -2.08. The van der Waals surface area contributed by atoms with Gasteiger partial charge >= 0.3 is 0 Å². The summed E-state index contributed by atoms with van der Waals surface area (Å²) in [6.45, 7) is 1.12. The van der Waals surface area contributed by atoms with Gasteiger partial charge in [0.1, 0.15) is 0 Å². The maximum Gasteiger partial charge on any atom is 0.220 e. The van der Waals surface area contributed by atoms with Gasteiger partial charge in [-0.15, -0.1) is 0 Å². The zero-order valence-corrected chi connectivity index (χ0v) is 10.6. The van der Waals surface area contributed by atoms with Gasteiger partial charge in [-0.3, -0.25) is 4.79 Å². The Balaban J connectivity index is 1.97. The van der Waals surface area contributed by atoms with E-state index in [1.807, 2.05) is 30.3 Å². The molecule has 0 bridgehead atoms. The molecule has 17 heavy (non-hydrogen) atoms. The summed E-state index contributed by atoms with van der Waals surface area (Å²) in [4.78, 5) is 12.0. The first-order valence-electron chi connectivity index (χ1n) is 6.39. The topological polar surface area (TPSA) is 35.5 Å². The molecule has 1 aliphatic rings. The fraction of sp³-hybridized carbons (Fsp3) is 0.462. The van der Waals surface area contributed by atoms with Crippen LogP contribution in [0.2, 0.25) is 0 Å². The normalized spacial score (nSPS) is 27.3. The number of carbonyl (C=O) groups excluding carboxylic acids is 1. The summed E-state index contributed by atoms with van der Waals surface area (Å²) in [5.41, 5.74) is 1.01. The summed E-state index contributed by atoms with van der Waals surface area (Å²) in [5.74, 6) is -0.576. The van der Waals surface area contributed by atoms with Crippen molar-refractivity contribution in [2.24, 2.45) is 0 Å². The van der Waals surface area contributed by atoms with Crippen molar-refractivity contribution < 1.29 is 17.0 Å². The van der Waals surface area contributed by atoms with E-state index in [2.05, 4.69) is 0 Å². The quantitative estimate of drug-likeness (QED) is 0.830. The molecule has 2 rings (SSSR count). The number of hydrogen-bond donors (Lipinski definition) is 0. The first-order valence-corrected chi connectivity index (χ1v) is 6.37. The van der Waals surface area contributed by atoms with Crippen LogP contribution in [0.15, 0.2) is 30.3 Å². The van der Waals surface area contributed by atoms with Gasteiger partial charge < -0.3 is 9.47 Å². The Morgan fingerprint density at radius 3 is 2.82 bits per heavy atom. The van der Waals surface area contributed by atoms with E-state index in [0.717, 1.165) is 17.3 Å². The molecule has 1 aromatic rings. The Morgan fingerprint density at radius 2 is 2.24 bits per heavy atom. The van der Waals surface area contributed by atoms with Crippen molar-refractivity contribution in [2.45, 2.75) is 31.5 Å². The molecule has 0 N–H and O–H groups in total. The molecular formula is C13H16O3S. The lowest BCUT2D eigenvalue weighted by molar-refractivity contribution is -0.147. The largest absolute Gasteiger partial charge is 0.347 e. The lowest BCUT2D eigenvalue weighted by atomic mass is 10.2. The van der Waals surface area contributed by atoms with Crippen molar-refractivity contribution in [3.8, 4) is 0 Å².